The Morgan fingerprint density at radius 3 is 2.71 bits per heavy atom. The Morgan fingerprint density at radius 2 is 2.21 bits per heavy atom. The average molecular weight is 261 g/mol. The number of rotatable bonds is 3. The lowest BCUT2D eigenvalue weighted by Gasteiger charge is -2.07. The van der Waals surface area contributed by atoms with Crippen molar-refractivity contribution in [1.82, 2.24) is 0 Å². The third-order valence-corrected chi connectivity index (χ3v) is 2.50. The zero-order chi connectivity index (χ0) is 10.7. The van der Waals surface area contributed by atoms with Gasteiger partial charge in [0.05, 0.1) is 11.1 Å². The van der Waals surface area contributed by atoms with E-state index in [1.54, 1.807) is 6.92 Å². The van der Waals surface area contributed by atoms with Gasteiger partial charge in [-0.2, -0.15) is 0 Å². The summed E-state index contributed by atoms with van der Waals surface area (Å²) in [5.41, 5.74) is 0.299. The first kappa shape index (κ1) is 11.2. The van der Waals surface area contributed by atoms with Crippen LogP contribution in [0.3, 0.4) is 0 Å². The Labute approximate surface area is 90.2 Å². The summed E-state index contributed by atoms with van der Waals surface area (Å²) in [6.07, 6.45) is 0. The average Bonchev–Trinajstić information content (AvgIpc) is 2.11. The van der Waals surface area contributed by atoms with Crippen LogP contribution in [0.1, 0.15) is 24.2 Å². The minimum atomic E-state index is -0.485. The highest BCUT2D eigenvalue weighted by Gasteiger charge is 2.12. The van der Waals surface area contributed by atoms with E-state index < -0.39 is 5.82 Å². The van der Waals surface area contributed by atoms with Gasteiger partial charge in [-0.1, -0.05) is 0 Å². The molecule has 0 N–H and O–H groups in total. The number of carbonyl (C=O) groups is 1. The fourth-order valence-corrected chi connectivity index (χ4v) is 1.58. The molecule has 76 valence electrons. The fraction of sp³-hybridized carbons (Fsp3) is 0.300. The van der Waals surface area contributed by atoms with Crippen molar-refractivity contribution in [3.63, 3.8) is 0 Å². The molecule has 1 aromatic carbocycles. The summed E-state index contributed by atoms with van der Waals surface area (Å²) >= 11 is 3.01. The van der Waals surface area contributed by atoms with Crippen molar-refractivity contribution in [1.29, 1.82) is 0 Å². The van der Waals surface area contributed by atoms with Gasteiger partial charge in [0.15, 0.2) is 5.78 Å². The standard InChI is InChI=1S/C10H10BrFO2/c1-3-14-7-4-8(6(2)13)10(11)9(12)5-7/h4-5H,3H2,1-2H3. The molecule has 0 aliphatic carbocycles. The number of hydrogen-bond acceptors (Lipinski definition) is 2. The molecule has 1 aromatic rings. The molecule has 0 aromatic heterocycles. The molecule has 0 spiro atoms. The second-order valence-corrected chi connectivity index (χ2v) is 3.55. The molecule has 0 heterocycles. The van der Waals surface area contributed by atoms with Gasteiger partial charge in [-0.25, -0.2) is 4.39 Å². The highest BCUT2D eigenvalue weighted by atomic mass is 79.9. The predicted molar refractivity (Wildman–Crippen MR) is 55.3 cm³/mol. The first-order valence-corrected chi connectivity index (χ1v) is 4.98. The summed E-state index contributed by atoms with van der Waals surface area (Å²) in [4.78, 5) is 11.1. The van der Waals surface area contributed by atoms with Crippen LogP contribution in [0.25, 0.3) is 0 Å². The van der Waals surface area contributed by atoms with Crippen molar-refractivity contribution in [2.75, 3.05) is 6.61 Å². The maximum Gasteiger partial charge on any atom is 0.161 e. The second-order valence-electron chi connectivity index (χ2n) is 2.76. The van der Waals surface area contributed by atoms with Gasteiger partial charge in [0.2, 0.25) is 0 Å². The molecule has 0 bridgehead atoms. The van der Waals surface area contributed by atoms with Gasteiger partial charge in [0.1, 0.15) is 11.6 Å². The molecule has 0 amide bonds. The number of carbonyl (C=O) groups excluding carboxylic acids is 1. The normalized spacial score (nSPS) is 10.0. The number of benzene rings is 1. The van der Waals surface area contributed by atoms with Crippen molar-refractivity contribution in [3.05, 3.63) is 28.0 Å². The minimum absolute atomic E-state index is 0.188. The maximum absolute atomic E-state index is 13.2. The molecular formula is C10H10BrFO2. The lowest BCUT2D eigenvalue weighted by molar-refractivity contribution is 0.101. The topological polar surface area (TPSA) is 26.3 Å². The van der Waals surface area contributed by atoms with Gasteiger partial charge in [-0.15, -0.1) is 0 Å². The Hall–Kier alpha value is -0.900. The van der Waals surface area contributed by atoms with E-state index in [9.17, 15) is 9.18 Å². The minimum Gasteiger partial charge on any atom is -0.494 e. The Kier molecular flexibility index (Phi) is 3.63. The molecule has 0 saturated carbocycles. The number of halogens is 2. The SMILES string of the molecule is CCOc1cc(F)c(Br)c(C(C)=O)c1. The van der Waals surface area contributed by atoms with E-state index in [0.29, 0.717) is 17.9 Å². The largest absolute Gasteiger partial charge is 0.494 e. The molecule has 0 unspecified atom stereocenters. The maximum atomic E-state index is 13.2. The summed E-state index contributed by atoms with van der Waals surface area (Å²) < 4.78 is 18.6. The van der Waals surface area contributed by atoms with Crippen LogP contribution in [-0.4, -0.2) is 12.4 Å². The van der Waals surface area contributed by atoms with Gasteiger partial charge in [0, 0.05) is 11.6 Å². The fourth-order valence-electron chi connectivity index (χ4n) is 1.07. The zero-order valence-corrected chi connectivity index (χ0v) is 9.52. The third kappa shape index (κ3) is 2.32. The smallest absolute Gasteiger partial charge is 0.161 e. The van der Waals surface area contributed by atoms with Crippen molar-refractivity contribution < 1.29 is 13.9 Å². The highest BCUT2D eigenvalue weighted by molar-refractivity contribution is 9.10. The van der Waals surface area contributed by atoms with Crippen LogP contribution >= 0.6 is 15.9 Å². The first-order chi connectivity index (χ1) is 6.56. The van der Waals surface area contributed by atoms with E-state index in [2.05, 4.69) is 15.9 Å². The predicted octanol–water partition coefficient (Wildman–Crippen LogP) is 3.19. The summed E-state index contributed by atoms with van der Waals surface area (Å²) in [7, 11) is 0. The summed E-state index contributed by atoms with van der Waals surface area (Å²) in [6, 6.07) is 2.78. The van der Waals surface area contributed by atoms with Crippen LogP contribution in [0.15, 0.2) is 16.6 Å². The van der Waals surface area contributed by atoms with Gasteiger partial charge >= 0.3 is 0 Å². The monoisotopic (exact) mass is 260 g/mol. The molecule has 0 radical (unpaired) electrons. The lowest BCUT2D eigenvalue weighted by atomic mass is 10.1. The van der Waals surface area contributed by atoms with E-state index in [-0.39, 0.29) is 10.3 Å². The van der Waals surface area contributed by atoms with Crippen LogP contribution < -0.4 is 4.74 Å². The Bertz CT molecular complexity index is 363. The van der Waals surface area contributed by atoms with Gasteiger partial charge in [-0.05, 0) is 35.8 Å². The van der Waals surface area contributed by atoms with Crippen molar-refractivity contribution >= 4 is 21.7 Å². The Balaban J connectivity index is 3.21. The molecule has 0 saturated heterocycles. The van der Waals surface area contributed by atoms with E-state index >= 15 is 0 Å². The Morgan fingerprint density at radius 1 is 1.57 bits per heavy atom. The second kappa shape index (κ2) is 4.55. The molecule has 4 heteroatoms. The van der Waals surface area contributed by atoms with E-state index in [4.69, 9.17) is 4.74 Å². The van der Waals surface area contributed by atoms with Crippen molar-refractivity contribution in [2.45, 2.75) is 13.8 Å². The quantitative estimate of drug-likeness (QED) is 0.781. The van der Waals surface area contributed by atoms with E-state index in [1.807, 2.05) is 0 Å². The number of hydrogen-bond donors (Lipinski definition) is 0. The number of ketones is 1. The van der Waals surface area contributed by atoms with Crippen molar-refractivity contribution in [3.8, 4) is 5.75 Å². The molecule has 14 heavy (non-hydrogen) atoms. The number of Topliss-reactive ketones (excluding diaryl/α,β-unsaturated/α-hetero) is 1. The van der Waals surface area contributed by atoms with E-state index in [1.165, 1.54) is 19.1 Å². The summed E-state index contributed by atoms with van der Waals surface area (Å²) in [5.74, 6) is -0.308. The van der Waals surface area contributed by atoms with Crippen LogP contribution in [0, 0.1) is 5.82 Å². The molecule has 0 atom stereocenters. The zero-order valence-electron chi connectivity index (χ0n) is 7.93. The lowest BCUT2D eigenvalue weighted by Crippen LogP contribution is -1.99. The summed E-state index contributed by atoms with van der Waals surface area (Å²) in [6.45, 7) is 3.63. The number of ether oxygens (including phenoxy) is 1. The van der Waals surface area contributed by atoms with Gasteiger partial charge in [0.25, 0.3) is 0 Å². The third-order valence-electron chi connectivity index (χ3n) is 1.69. The van der Waals surface area contributed by atoms with E-state index in [0.717, 1.165) is 0 Å². The molecular weight excluding hydrogens is 251 g/mol. The van der Waals surface area contributed by atoms with Crippen LogP contribution in [0.5, 0.6) is 5.75 Å². The molecule has 1 rings (SSSR count). The van der Waals surface area contributed by atoms with Crippen LogP contribution in [0.4, 0.5) is 4.39 Å². The van der Waals surface area contributed by atoms with Crippen LogP contribution in [-0.2, 0) is 0 Å². The van der Waals surface area contributed by atoms with Gasteiger partial charge in [-0.3, -0.25) is 4.79 Å². The molecule has 2 nitrogen and oxygen atoms in total. The summed E-state index contributed by atoms with van der Waals surface area (Å²) in [5, 5.41) is 0. The van der Waals surface area contributed by atoms with Crippen molar-refractivity contribution in [2.24, 2.45) is 0 Å². The highest BCUT2D eigenvalue weighted by Crippen LogP contribution is 2.26. The molecule has 0 aliphatic rings. The molecule has 0 fully saturated rings. The van der Waals surface area contributed by atoms with Gasteiger partial charge < -0.3 is 4.74 Å². The first-order valence-electron chi connectivity index (χ1n) is 4.19. The molecule has 0 aliphatic heterocycles. The van der Waals surface area contributed by atoms with Crippen LogP contribution in [0.2, 0.25) is 0 Å².